The monoisotopic (exact) mass is 745 g/mol. The Kier molecular flexibility index (Phi) is 12.8. The van der Waals surface area contributed by atoms with Crippen molar-refractivity contribution in [3.8, 4) is 5.75 Å². The Labute approximate surface area is 290 Å². The Hall–Kier alpha value is -4.58. The van der Waals surface area contributed by atoms with Crippen molar-refractivity contribution in [3.05, 3.63) is 63.1 Å². The highest BCUT2D eigenvalue weighted by Crippen LogP contribution is 2.48. The molecule has 2 aliphatic heterocycles. The third-order valence-electron chi connectivity index (χ3n) is 7.61. The van der Waals surface area contributed by atoms with Gasteiger partial charge in [0.05, 0.1) is 30.5 Å². The first-order valence-electron chi connectivity index (χ1n) is 15.7. The number of aromatic hydroxyl groups is 1. The van der Waals surface area contributed by atoms with Gasteiger partial charge < -0.3 is 43.6 Å². The molecule has 0 unspecified atom stereocenters. The summed E-state index contributed by atoms with van der Waals surface area (Å²) in [5.74, 6) is -4.67. The molecule has 2 amide bonds. The normalized spacial score (nSPS) is 17.1. The lowest BCUT2D eigenvalue weighted by atomic mass is 9.92. The van der Waals surface area contributed by atoms with Crippen molar-refractivity contribution >= 4 is 31.7 Å². The van der Waals surface area contributed by atoms with Crippen LogP contribution in [0.1, 0.15) is 60.5 Å². The van der Waals surface area contributed by atoms with Crippen LogP contribution in [0.2, 0.25) is 0 Å². The highest BCUT2D eigenvalue weighted by Gasteiger charge is 2.47. The predicted molar refractivity (Wildman–Crippen MR) is 169 cm³/mol. The molecular formula is C31H38F2N3O14P. The number of hydrogen-bond donors (Lipinski definition) is 2. The molecule has 1 aromatic carbocycles. The Morgan fingerprint density at radius 1 is 1.04 bits per heavy atom. The van der Waals surface area contributed by atoms with Crippen LogP contribution in [-0.4, -0.2) is 97.0 Å². The second-order valence-electron chi connectivity index (χ2n) is 12.1. The fraction of sp³-hybridized carbons (Fsp3) is 0.516. The zero-order chi connectivity index (χ0) is 37.5. The molecule has 0 radical (unpaired) electrons. The zero-order valence-corrected chi connectivity index (χ0v) is 29.1. The summed E-state index contributed by atoms with van der Waals surface area (Å²) in [6, 6.07) is 2.75. The molecule has 3 heterocycles. The Bertz CT molecular complexity index is 1710. The van der Waals surface area contributed by atoms with Gasteiger partial charge in [-0.2, -0.15) is 0 Å². The number of carbonyl (C=O) groups is 4. The fourth-order valence-electron chi connectivity index (χ4n) is 5.19. The smallest absolute Gasteiger partial charge is 0.503 e. The molecule has 20 heteroatoms. The summed E-state index contributed by atoms with van der Waals surface area (Å²) in [5, 5.41) is 13.4. The minimum absolute atomic E-state index is 0.0177. The van der Waals surface area contributed by atoms with Crippen molar-refractivity contribution in [2.24, 2.45) is 0 Å². The van der Waals surface area contributed by atoms with Gasteiger partial charge in [0.25, 0.3) is 11.8 Å². The summed E-state index contributed by atoms with van der Waals surface area (Å²) < 4.78 is 77.7. The van der Waals surface area contributed by atoms with E-state index < -0.39 is 110 Å². The number of amides is 2. The van der Waals surface area contributed by atoms with Crippen molar-refractivity contribution in [1.29, 1.82) is 0 Å². The van der Waals surface area contributed by atoms with Crippen LogP contribution >= 0.6 is 7.60 Å². The minimum Gasteiger partial charge on any atom is -0.503 e. The van der Waals surface area contributed by atoms with Gasteiger partial charge in [0.2, 0.25) is 19.0 Å². The van der Waals surface area contributed by atoms with E-state index in [0.717, 1.165) is 18.3 Å². The first-order chi connectivity index (χ1) is 24.0. The van der Waals surface area contributed by atoms with Crippen molar-refractivity contribution < 1.29 is 70.4 Å². The fourth-order valence-corrected chi connectivity index (χ4v) is 6.44. The van der Waals surface area contributed by atoms with Gasteiger partial charge in [-0.1, -0.05) is 6.07 Å². The van der Waals surface area contributed by atoms with Crippen LogP contribution in [0.15, 0.2) is 29.2 Å². The van der Waals surface area contributed by atoms with E-state index in [9.17, 15) is 42.4 Å². The second kappa shape index (κ2) is 16.6. The molecule has 1 saturated heterocycles. The number of fused-ring (bicyclic) bond motifs is 2. The number of pyridine rings is 1. The van der Waals surface area contributed by atoms with Gasteiger partial charge in [-0.3, -0.25) is 28.0 Å². The molecule has 2 aromatic rings. The first kappa shape index (κ1) is 39.2. The van der Waals surface area contributed by atoms with E-state index in [1.807, 2.05) is 0 Å². The molecule has 280 valence electrons. The number of nitrogens with one attached hydrogen (secondary N) is 1. The summed E-state index contributed by atoms with van der Waals surface area (Å²) in [7, 11) is -4.32. The average molecular weight is 746 g/mol. The van der Waals surface area contributed by atoms with Crippen LogP contribution in [0, 0.1) is 11.6 Å². The number of halogens is 2. The Morgan fingerprint density at radius 3 is 2.22 bits per heavy atom. The third-order valence-corrected chi connectivity index (χ3v) is 9.36. The van der Waals surface area contributed by atoms with Crippen molar-refractivity contribution in [2.75, 3.05) is 46.1 Å². The lowest BCUT2D eigenvalue weighted by Gasteiger charge is -2.43. The third kappa shape index (κ3) is 9.81. The predicted octanol–water partition coefficient (Wildman–Crippen LogP) is 3.60. The topological polar surface area (TPSA) is 207 Å². The number of nitrogens with zero attached hydrogens (tertiary/aromatic N) is 2. The molecule has 51 heavy (non-hydrogen) atoms. The number of carbonyl (C=O) groups excluding carboxylic acids is 4. The van der Waals surface area contributed by atoms with Gasteiger partial charge in [-0.15, -0.1) is 0 Å². The summed E-state index contributed by atoms with van der Waals surface area (Å²) >= 11 is 0. The largest absolute Gasteiger partial charge is 0.510 e. The highest BCUT2D eigenvalue weighted by molar-refractivity contribution is 7.53. The zero-order valence-electron chi connectivity index (χ0n) is 28.2. The van der Waals surface area contributed by atoms with Gasteiger partial charge in [0, 0.05) is 44.1 Å². The molecule has 17 nitrogen and oxygen atoms in total. The Morgan fingerprint density at radius 2 is 1.67 bits per heavy atom. The molecule has 1 aromatic heterocycles. The van der Waals surface area contributed by atoms with E-state index in [1.54, 1.807) is 27.7 Å². The molecule has 2 N–H and O–H groups in total. The van der Waals surface area contributed by atoms with Gasteiger partial charge in [0.15, 0.2) is 11.4 Å². The highest BCUT2D eigenvalue weighted by atomic mass is 31.2. The average Bonchev–Trinajstić information content (AvgIpc) is 3.51. The minimum atomic E-state index is -4.32. The summed E-state index contributed by atoms with van der Waals surface area (Å²) in [5.41, 5.74) is -3.40. The number of aromatic nitrogens is 1. The van der Waals surface area contributed by atoms with Crippen LogP contribution in [0.4, 0.5) is 18.4 Å². The van der Waals surface area contributed by atoms with Crippen molar-refractivity contribution in [2.45, 2.75) is 58.4 Å². The molecule has 1 spiro atoms. The van der Waals surface area contributed by atoms with E-state index in [1.165, 1.54) is 9.47 Å². The molecule has 4 rings (SSSR count). The van der Waals surface area contributed by atoms with Crippen LogP contribution in [0.25, 0.3) is 0 Å². The maximum atomic E-state index is 14.1. The standard InChI is InChI=1S/C31H38F2N3O14P/c1-18(2)49-29(41)45-16-47-51(43,48-17-46-30(42)50-19(3)4)10-8-35-14-31(7-9-44-15-31)36-13-22(25(37)26(38)24(36)28(35)40)27(39)34-12-20-5-6-21(32)11-23(20)33/h5-6,11,13,18-19,38H,7-10,12,14-17H2,1-4H3,(H,34,39)/t31-/m1/s1. The van der Waals surface area contributed by atoms with Gasteiger partial charge in [-0.25, -0.2) is 18.4 Å². The van der Waals surface area contributed by atoms with Crippen LogP contribution in [0.5, 0.6) is 5.75 Å². The summed E-state index contributed by atoms with van der Waals surface area (Å²) in [4.78, 5) is 64.8. The molecule has 1 fully saturated rings. The number of rotatable bonds is 14. The van der Waals surface area contributed by atoms with E-state index in [2.05, 4.69) is 5.32 Å². The quantitative estimate of drug-likeness (QED) is 0.161. The first-order valence-corrected chi connectivity index (χ1v) is 17.4. The molecular weight excluding hydrogens is 707 g/mol. The summed E-state index contributed by atoms with van der Waals surface area (Å²) in [6.07, 6.45) is -2.49. The molecule has 0 saturated carbocycles. The van der Waals surface area contributed by atoms with Gasteiger partial charge >= 0.3 is 19.9 Å². The van der Waals surface area contributed by atoms with E-state index in [4.69, 9.17) is 32.7 Å². The lowest BCUT2D eigenvalue weighted by Crippen LogP contribution is -2.56. The van der Waals surface area contributed by atoms with Crippen LogP contribution in [-0.2, 0) is 49.4 Å². The number of ether oxygens (including phenoxy) is 5. The maximum Gasteiger partial charge on any atom is 0.510 e. The Balaban J connectivity index is 1.55. The van der Waals surface area contributed by atoms with Gasteiger partial charge in [-0.05, 0) is 40.2 Å². The molecule has 0 bridgehead atoms. The second-order valence-corrected chi connectivity index (χ2v) is 14.2. The lowest BCUT2D eigenvalue weighted by molar-refractivity contribution is -0.0304. The number of hydrogen-bond acceptors (Lipinski definition) is 14. The van der Waals surface area contributed by atoms with Crippen molar-refractivity contribution in [3.63, 3.8) is 0 Å². The SMILES string of the molecule is CC(C)OC(=O)OCOP(=O)(CCN1C[C@@]2(CCOC2)n2cc(C(=O)NCc3ccc(F)cc3F)c(=O)c(O)c2C1=O)OCOC(=O)OC(C)C. The molecule has 0 aliphatic carbocycles. The van der Waals surface area contributed by atoms with Crippen LogP contribution in [0.3, 0.4) is 0 Å². The van der Waals surface area contributed by atoms with Gasteiger partial charge in [0.1, 0.15) is 17.2 Å². The van der Waals surface area contributed by atoms with Crippen LogP contribution < -0.4 is 10.7 Å². The number of benzene rings is 1. The molecule has 2 aliphatic rings. The molecule has 1 atom stereocenters. The van der Waals surface area contributed by atoms with E-state index in [0.29, 0.717) is 6.07 Å². The van der Waals surface area contributed by atoms with Crippen molar-refractivity contribution in [1.82, 2.24) is 14.8 Å². The van der Waals surface area contributed by atoms with E-state index in [-0.39, 0.29) is 38.3 Å². The van der Waals surface area contributed by atoms with E-state index >= 15 is 0 Å². The maximum absolute atomic E-state index is 14.1. The summed E-state index contributed by atoms with van der Waals surface area (Å²) in [6.45, 7) is 3.77.